The Morgan fingerprint density at radius 3 is 2.77 bits per heavy atom. The number of aryl methyl sites for hydroxylation is 1. The Balaban J connectivity index is 1.36. The average molecular weight is 549 g/mol. The maximum Gasteiger partial charge on any atom is 0.250 e. The molecule has 40 heavy (non-hydrogen) atoms. The van der Waals surface area contributed by atoms with E-state index in [1.165, 1.54) is 6.07 Å². The van der Waals surface area contributed by atoms with Crippen molar-refractivity contribution in [1.29, 1.82) is 0 Å². The summed E-state index contributed by atoms with van der Waals surface area (Å²) in [5.74, 6) is 1.99. The highest BCUT2D eigenvalue weighted by atomic mass is 16.5. The lowest BCUT2D eigenvalue weighted by atomic mass is 9.91. The van der Waals surface area contributed by atoms with Crippen LogP contribution in [0, 0.1) is 11.3 Å². The smallest absolute Gasteiger partial charge is 0.250 e. The molecule has 0 unspecified atom stereocenters. The highest BCUT2D eigenvalue weighted by molar-refractivity contribution is 5.87. The second kappa shape index (κ2) is 12.0. The molecule has 1 aromatic carbocycles. The van der Waals surface area contributed by atoms with E-state index in [1.807, 2.05) is 19.1 Å². The molecule has 3 aromatic rings. The van der Waals surface area contributed by atoms with Gasteiger partial charge in [0, 0.05) is 37.9 Å². The first-order chi connectivity index (χ1) is 19.3. The summed E-state index contributed by atoms with van der Waals surface area (Å²) in [6.07, 6.45) is 9.16. The molecule has 3 heterocycles. The van der Waals surface area contributed by atoms with Crippen LogP contribution in [0.3, 0.4) is 0 Å². The molecule has 9 nitrogen and oxygen atoms in total. The monoisotopic (exact) mass is 548 g/mol. The van der Waals surface area contributed by atoms with Gasteiger partial charge in [0.05, 0.1) is 24.4 Å². The fourth-order valence-electron chi connectivity index (χ4n) is 6.09. The second-order valence-corrected chi connectivity index (χ2v) is 11.3. The molecule has 1 saturated heterocycles. The predicted octanol–water partition coefficient (Wildman–Crippen LogP) is 4.68. The van der Waals surface area contributed by atoms with Crippen molar-refractivity contribution in [3.05, 3.63) is 46.7 Å². The summed E-state index contributed by atoms with van der Waals surface area (Å²) in [4.78, 5) is 41.8. The molecule has 0 radical (unpaired) electrons. The van der Waals surface area contributed by atoms with Gasteiger partial charge in [-0.2, -0.15) is 0 Å². The number of aromatic nitrogens is 2. The molecule has 2 N–H and O–H groups in total. The molecule has 2 aromatic heterocycles. The van der Waals surface area contributed by atoms with Gasteiger partial charge in [-0.15, -0.1) is 0 Å². The summed E-state index contributed by atoms with van der Waals surface area (Å²) in [5, 5.41) is 7.54. The number of nitrogens with one attached hydrogen (secondary N) is 2. The lowest BCUT2D eigenvalue weighted by Crippen LogP contribution is -2.35. The molecule has 2 atom stereocenters. The summed E-state index contributed by atoms with van der Waals surface area (Å²) >= 11 is 0. The fourth-order valence-corrected chi connectivity index (χ4v) is 6.09. The van der Waals surface area contributed by atoms with Gasteiger partial charge in [0.25, 0.3) is 5.56 Å². The van der Waals surface area contributed by atoms with Crippen molar-refractivity contribution in [3.63, 3.8) is 0 Å². The summed E-state index contributed by atoms with van der Waals surface area (Å²) < 4.78 is 13.5. The van der Waals surface area contributed by atoms with Gasteiger partial charge in [-0.05, 0) is 68.1 Å². The van der Waals surface area contributed by atoms with E-state index in [0.717, 1.165) is 68.1 Å². The number of carbonyl (C=O) groups is 2. The largest absolute Gasteiger partial charge is 0.496 e. The molecular formula is C31H40N4O5. The van der Waals surface area contributed by atoms with Gasteiger partial charge in [0.15, 0.2) is 5.76 Å². The van der Waals surface area contributed by atoms with Crippen LogP contribution in [0.2, 0.25) is 0 Å². The number of rotatable bonds is 12. The van der Waals surface area contributed by atoms with Crippen molar-refractivity contribution < 1.29 is 18.7 Å². The standard InChI is InChI=1S/C31H40N4O5/c1-4-21(36)8-6-5-7-9-24(34-29(38)23-18-31(23)12-14-32-15-13-31)30-33-19-27(40-30)22-16-20-10-11-28(37)35(2)25(20)17-26(22)39-3/h10-11,16-17,19,23-24,32H,4-9,12-15,18H2,1-3H3,(H,34,38)/t23-,24+/m1/s1. The number of fused-ring (bicyclic) bond motifs is 1. The number of ketones is 1. The first kappa shape index (κ1) is 28.1. The van der Waals surface area contributed by atoms with Gasteiger partial charge >= 0.3 is 0 Å². The lowest BCUT2D eigenvalue weighted by molar-refractivity contribution is -0.124. The van der Waals surface area contributed by atoms with Crippen LogP contribution in [0.1, 0.15) is 76.6 Å². The Hall–Kier alpha value is -3.46. The normalized spacial score (nSPS) is 18.5. The summed E-state index contributed by atoms with van der Waals surface area (Å²) in [6.45, 7) is 3.83. The number of amides is 1. The van der Waals surface area contributed by atoms with Crippen molar-refractivity contribution in [2.24, 2.45) is 18.4 Å². The minimum Gasteiger partial charge on any atom is -0.496 e. The number of Topliss-reactive ketones (excluding diaryl/α,β-unsaturated/α-hetero) is 1. The van der Waals surface area contributed by atoms with E-state index in [9.17, 15) is 14.4 Å². The van der Waals surface area contributed by atoms with E-state index < -0.39 is 0 Å². The third-order valence-electron chi connectivity index (χ3n) is 8.80. The molecule has 1 aliphatic carbocycles. The maximum atomic E-state index is 13.4. The van der Waals surface area contributed by atoms with E-state index in [0.29, 0.717) is 36.7 Å². The molecule has 214 valence electrons. The molecule has 1 saturated carbocycles. The van der Waals surface area contributed by atoms with E-state index in [-0.39, 0.29) is 34.6 Å². The van der Waals surface area contributed by atoms with E-state index in [4.69, 9.17) is 9.15 Å². The highest BCUT2D eigenvalue weighted by Crippen LogP contribution is 2.58. The van der Waals surface area contributed by atoms with Gasteiger partial charge in [0.2, 0.25) is 11.8 Å². The maximum absolute atomic E-state index is 13.4. The molecule has 1 amide bonds. The number of pyridine rings is 1. The molecule has 0 bridgehead atoms. The Kier molecular flexibility index (Phi) is 8.40. The van der Waals surface area contributed by atoms with E-state index in [2.05, 4.69) is 15.6 Å². The first-order valence-corrected chi connectivity index (χ1v) is 14.5. The number of hydrogen-bond acceptors (Lipinski definition) is 7. The SMILES string of the molecule is CCC(=O)CCCCC[C@H](NC(=O)[C@H]1CC12CCNCC2)c1ncc(-c2cc3ccc(=O)n(C)c3cc2OC)o1. The molecule has 2 aliphatic rings. The Morgan fingerprint density at radius 2 is 2.02 bits per heavy atom. The van der Waals surface area contributed by atoms with Crippen molar-refractivity contribution in [2.45, 2.75) is 70.8 Å². The van der Waals surface area contributed by atoms with Gasteiger partial charge in [-0.1, -0.05) is 19.8 Å². The van der Waals surface area contributed by atoms with Crippen LogP contribution in [0.25, 0.3) is 22.2 Å². The molecule has 9 heteroatoms. The second-order valence-electron chi connectivity index (χ2n) is 11.3. The van der Waals surface area contributed by atoms with E-state index >= 15 is 0 Å². The highest BCUT2D eigenvalue weighted by Gasteiger charge is 2.57. The lowest BCUT2D eigenvalue weighted by Gasteiger charge is -2.24. The topological polar surface area (TPSA) is 115 Å². The summed E-state index contributed by atoms with van der Waals surface area (Å²) in [6, 6.07) is 6.74. The molecule has 2 fully saturated rings. The fraction of sp³-hybridized carbons (Fsp3) is 0.548. The molecular weight excluding hydrogens is 508 g/mol. The number of benzene rings is 1. The number of ether oxygens (including phenoxy) is 1. The number of methoxy groups -OCH3 is 1. The predicted molar refractivity (Wildman–Crippen MR) is 153 cm³/mol. The van der Waals surface area contributed by atoms with Crippen LogP contribution < -0.4 is 20.9 Å². The number of hydrogen-bond donors (Lipinski definition) is 2. The third-order valence-corrected chi connectivity index (χ3v) is 8.80. The minimum atomic E-state index is -0.352. The number of nitrogens with zero attached hydrogens (tertiary/aromatic N) is 2. The Labute approximate surface area is 234 Å². The number of unbranched alkanes of at least 4 members (excludes halogenated alkanes) is 2. The van der Waals surface area contributed by atoms with Crippen LogP contribution in [0.15, 0.2) is 39.7 Å². The van der Waals surface area contributed by atoms with Crippen LogP contribution in [-0.2, 0) is 16.6 Å². The van der Waals surface area contributed by atoms with Gasteiger partial charge < -0.3 is 24.4 Å². The zero-order chi connectivity index (χ0) is 28.3. The number of oxazole rings is 1. The van der Waals surface area contributed by atoms with Crippen molar-refractivity contribution in [3.8, 4) is 17.1 Å². The van der Waals surface area contributed by atoms with Crippen molar-refractivity contribution in [1.82, 2.24) is 20.2 Å². The quantitative estimate of drug-likeness (QED) is 0.316. The third kappa shape index (κ3) is 5.84. The molecule has 5 rings (SSSR count). The van der Waals surface area contributed by atoms with Crippen LogP contribution >= 0.6 is 0 Å². The molecule has 1 spiro atoms. The number of piperidine rings is 1. The number of carbonyl (C=O) groups excluding carboxylic acids is 2. The minimum absolute atomic E-state index is 0.0425. The Morgan fingerprint density at radius 1 is 1.23 bits per heavy atom. The van der Waals surface area contributed by atoms with Crippen LogP contribution in [-0.4, -0.2) is 41.4 Å². The van der Waals surface area contributed by atoms with E-state index in [1.54, 1.807) is 31.0 Å². The van der Waals surface area contributed by atoms with Crippen LogP contribution in [0.5, 0.6) is 5.75 Å². The zero-order valence-corrected chi connectivity index (χ0v) is 23.8. The van der Waals surface area contributed by atoms with Gasteiger partial charge in [-0.25, -0.2) is 4.98 Å². The summed E-state index contributed by atoms with van der Waals surface area (Å²) in [5.41, 5.74) is 1.53. The summed E-state index contributed by atoms with van der Waals surface area (Å²) in [7, 11) is 3.32. The van der Waals surface area contributed by atoms with Crippen molar-refractivity contribution in [2.75, 3.05) is 20.2 Å². The van der Waals surface area contributed by atoms with Crippen LogP contribution in [0.4, 0.5) is 0 Å². The van der Waals surface area contributed by atoms with Gasteiger partial charge in [-0.3, -0.25) is 14.4 Å². The molecule has 1 aliphatic heterocycles. The van der Waals surface area contributed by atoms with Crippen molar-refractivity contribution >= 4 is 22.6 Å². The average Bonchev–Trinajstić information content (AvgIpc) is 3.43. The zero-order valence-electron chi connectivity index (χ0n) is 23.8. The first-order valence-electron chi connectivity index (χ1n) is 14.5. The Bertz CT molecular complexity index is 1440. The van der Waals surface area contributed by atoms with Gasteiger partial charge in [0.1, 0.15) is 17.6 Å².